The highest BCUT2D eigenvalue weighted by Crippen LogP contribution is 2.16. The molecule has 1 aliphatic heterocycles. The molecule has 4 nitrogen and oxygen atoms in total. The molecule has 0 radical (unpaired) electrons. The van der Waals surface area contributed by atoms with Crippen LogP contribution in [0.15, 0.2) is 30.3 Å². The van der Waals surface area contributed by atoms with Gasteiger partial charge in [-0.25, -0.2) is 0 Å². The number of amides is 1. The third kappa shape index (κ3) is 5.14. The molecule has 0 N–H and O–H groups in total. The zero-order valence-electron chi connectivity index (χ0n) is 13.1. The number of likely N-dealkylation sites (tertiary alicyclic amines) is 1. The minimum atomic E-state index is 0.217. The summed E-state index contributed by atoms with van der Waals surface area (Å²) in [5, 5.41) is 0. The Morgan fingerprint density at radius 1 is 1.38 bits per heavy atom. The van der Waals surface area contributed by atoms with Crippen LogP contribution in [0.3, 0.4) is 0 Å². The molecule has 1 aromatic rings. The Bertz CT molecular complexity index is 436. The predicted octanol–water partition coefficient (Wildman–Crippen LogP) is 2.00. The van der Waals surface area contributed by atoms with Gasteiger partial charge in [-0.15, -0.1) is 0 Å². The van der Waals surface area contributed by atoms with Gasteiger partial charge in [-0.3, -0.25) is 4.79 Å². The van der Waals surface area contributed by atoms with Crippen molar-refractivity contribution in [2.45, 2.75) is 19.4 Å². The van der Waals surface area contributed by atoms with E-state index in [-0.39, 0.29) is 5.91 Å². The lowest BCUT2D eigenvalue weighted by Crippen LogP contribution is -2.31. The molecular weight excluding hydrogens is 264 g/mol. The first-order valence-electron chi connectivity index (χ1n) is 7.68. The van der Waals surface area contributed by atoms with Gasteiger partial charge in [-0.05, 0) is 24.4 Å². The summed E-state index contributed by atoms with van der Waals surface area (Å²) in [4.78, 5) is 16.4. The Balaban J connectivity index is 1.70. The van der Waals surface area contributed by atoms with Gasteiger partial charge in [0.2, 0.25) is 5.91 Å². The van der Waals surface area contributed by atoms with Crippen LogP contribution in [0.5, 0.6) is 0 Å². The van der Waals surface area contributed by atoms with Crippen molar-refractivity contribution in [3.05, 3.63) is 35.9 Å². The normalized spacial score (nSPS) is 18.9. The van der Waals surface area contributed by atoms with Crippen LogP contribution in [0.4, 0.5) is 0 Å². The first kappa shape index (κ1) is 16.0. The molecule has 4 heteroatoms. The smallest absolute Gasteiger partial charge is 0.223 e. The van der Waals surface area contributed by atoms with Crippen molar-refractivity contribution in [2.75, 3.05) is 40.4 Å². The maximum Gasteiger partial charge on any atom is 0.223 e. The van der Waals surface area contributed by atoms with Crippen LogP contribution in [0.2, 0.25) is 0 Å². The largest absolute Gasteiger partial charge is 0.384 e. The molecule has 1 heterocycles. The Kier molecular flexibility index (Phi) is 6.21. The number of nitrogens with zero attached hydrogens (tertiary/aromatic N) is 2. The van der Waals surface area contributed by atoms with E-state index in [0.717, 1.165) is 26.2 Å². The molecule has 1 amide bonds. The van der Waals surface area contributed by atoms with E-state index in [1.54, 1.807) is 7.11 Å². The summed E-state index contributed by atoms with van der Waals surface area (Å²) in [7, 11) is 3.64. The van der Waals surface area contributed by atoms with Crippen LogP contribution >= 0.6 is 0 Å². The number of rotatable bonds is 7. The predicted molar refractivity (Wildman–Crippen MR) is 84.0 cm³/mol. The molecule has 0 aliphatic carbocycles. The van der Waals surface area contributed by atoms with E-state index < -0.39 is 0 Å². The van der Waals surface area contributed by atoms with E-state index in [2.05, 4.69) is 17.0 Å². The van der Waals surface area contributed by atoms with E-state index in [0.29, 0.717) is 18.9 Å². The average Bonchev–Trinajstić information content (AvgIpc) is 2.94. The highest BCUT2D eigenvalue weighted by Gasteiger charge is 2.22. The van der Waals surface area contributed by atoms with Gasteiger partial charge in [0.15, 0.2) is 0 Å². The van der Waals surface area contributed by atoms with Crippen LogP contribution in [-0.2, 0) is 16.1 Å². The lowest BCUT2D eigenvalue weighted by atomic mass is 10.1. The van der Waals surface area contributed by atoms with Crippen molar-refractivity contribution in [1.29, 1.82) is 0 Å². The summed E-state index contributed by atoms with van der Waals surface area (Å²) in [5.74, 6) is 0.848. The highest BCUT2D eigenvalue weighted by atomic mass is 16.5. The van der Waals surface area contributed by atoms with Gasteiger partial charge in [0, 0.05) is 40.2 Å². The topological polar surface area (TPSA) is 32.8 Å². The number of carbonyl (C=O) groups excluding carboxylic acids is 1. The zero-order valence-corrected chi connectivity index (χ0v) is 13.1. The molecule has 1 aliphatic rings. The number of ether oxygens (including phenoxy) is 1. The third-order valence-electron chi connectivity index (χ3n) is 4.10. The molecule has 1 fully saturated rings. The second-order valence-corrected chi connectivity index (χ2v) is 5.90. The van der Waals surface area contributed by atoms with Crippen molar-refractivity contribution in [2.24, 2.45) is 5.92 Å². The maximum atomic E-state index is 12.2. The first-order chi connectivity index (χ1) is 10.2. The van der Waals surface area contributed by atoms with Crippen molar-refractivity contribution in [1.82, 2.24) is 9.80 Å². The molecular formula is C17H26N2O2. The van der Waals surface area contributed by atoms with Crippen LogP contribution in [0.1, 0.15) is 18.4 Å². The summed E-state index contributed by atoms with van der Waals surface area (Å²) < 4.78 is 5.20. The van der Waals surface area contributed by atoms with Gasteiger partial charge >= 0.3 is 0 Å². The van der Waals surface area contributed by atoms with E-state index in [1.165, 1.54) is 12.0 Å². The molecule has 1 saturated heterocycles. The highest BCUT2D eigenvalue weighted by molar-refractivity contribution is 5.76. The number of carbonyl (C=O) groups is 1. The lowest BCUT2D eigenvalue weighted by molar-refractivity contribution is -0.130. The van der Waals surface area contributed by atoms with Crippen LogP contribution in [-0.4, -0.2) is 56.1 Å². The fraction of sp³-hybridized carbons (Fsp3) is 0.588. The SMILES string of the molecule is COCC1CCN(CCC(=O)N(C)Cc2ccccc2)C1. The van der Waals surface area contributed by atoms with Gasteiger partial charge < -0.3 is 14.5 Å². The van der Waals surface area contributed by atoms with Gasteiger partial charge in [0.1, 0.15) is 0 Å². The number of hydrogen-bond donors (Lipinski definition) is 0. The fourth-order valence-corrected chi connectivity index (χ4v) is 2.88. The van der Waals surface area contributed by atoms with Crippen LogP contribution in [0, 0.1) is 5.92 Å². The van der Waals surface area contributed by atoms with E-state index in [4.69, 9.17) is 4.74 Å². The Morgan fingerprint density at radius 3 is 2.86 bits per heavy atom. The summed E-state index contributed by atoms with van der Waals surface area (Å²) in [6.45, 7) is 4.52. The Hall–Kier alpha value is -1.39. The zero-order chi connectivity index (χ0) is 15.1. The molecule has 1 aromatic carbocycles. The second kappa shape index (κ2) is 8.15. The molecule has 0 saturated carbocycles. The minimum absolute atomic E-state index is 0.217. The van der Waals surface area contributed by atoms with Gasteiger partial charge in [-0.2, -0.15) is 0 Å². The Labute approximate surface area is 127 Å². The van der Waals surface area contributed by atoms with Gasteiger partial charge in [0.05, 0.1) is 6.61 Å². The number of hydrogen-bond acceptors (Lipinski definition) is 3. The van der Waals surface area contributed by atoms with Gasteiger partial charge in [-0.1, -0.05) is 30.3 Å². The number of benzene rings is 1. The maximum absolute atomic E-state index is 12.2. The molecule has 0 bridgehead atoms. The third-order valence-corrected chi connectivity index (χ3v) is 4.10. The van der Waals surface area contributed by atoms with Crippen molar-refractivity contribution < 1.29 is 9.53 Å². The lowest BCUT2D eigenvalue weighted by Gasteiger charge is -2.20. The van der Waals surface area contributed by atoms with Crippen molar-refractivity contribution in [3.63, 3.8) is 0 Å². The first-order valence-corrected chi connectivity index (χ1v) is 7.68. The monoisotopic (exact) mass is 290 g/mol. The van der Waals surface area contributed by atoms with Crippen molar-refractivity contribution in [3.8, 4) is 0 Å². The summed E-state index contributed by atoms with van der Waals surface area (Å²) in [6.07, 6.45) is 1.78. The molecule has 116 valence electrons. The average molecular weight is 290 g/mol. The number of methoxy groups -OCH3 is 1. The molecule has 1 atom stereocenters. The van der Waals surface area contributed by atoms with E-state index >= 15 is 0 Å². The quantitative estimate of drug-likeness (QED) is 0.770. The molecule has 0 spiro atoms. The standard InChI is InChI=1S/C17H26N2O2/c1-18(12-15-6-4-3-5-7-15)17(20)9-11-19-10-8-16(13-19)14-21-2/h3-7,16H,8-14H2,1-2H3. The molecule has 0 aromatic heterocycles. The fourth-order valence-electron chi connectivity index (χ4n) is 2.88. The molecule has 2 rings (SSSR count). The second-order valence-electron chi connectivity index (χ2n) is 5.90. The van der Waals surface area contributed by atoms with Crippen molar-refractivity contribution >= 4 is 5.91 Å². The van der Waals surface area contributed by atoms with Gasteiger partial charge in [0.25, 0.3) is 0 Å². The summed E-state index contributed by atoms with van der Waals surface area (Å²) in [6, 6.07) is 10.1. The molecule has 1 unspecified atom stereocenters. The van der Waals surface area contributed by atoms with Crippen LogP contribution < -0.4 is 0 Å². The summed E-state index contributed by atoms with van der Waals surface area (Å²) >= 11 is 0. The molecule has 21 heavy (non-hydrogen) atoms. The van der Waals surface area contributed by atoms with E-state index in [1.807, 2.05) is 30.1 Å². The minimum Gasteiger partial charge on any atom is -0.384 e. The van der Waals surface area contributed by atoms with E-state index in [9.17, 15) is 4.79 Å². The van der Waals surface area contributed by atoms with Crippen LogP contribution in [0.25, 0.3) is 0 Å². The summed E-state index contributed by atoms with van der Waals surface area (Å²) in [5.41, 5.74) is 1.18. The Morgan fingerprint density at radius 2 is 2.14 bits per heavy atom.